The minimum Gasteiger partial charge on any atom is -0.242 e. The molecule has 24 heavy (non-hydrogen) atoms. The van der Waals surface area contributed by atoms with E-state index in [-0.39, 0.29) is 0 Å². The maximum absolute atomic E-state index is 11.8. The Balaban J connectivity index is 1.92. The lowest BCUT2D eigenvalue weighted by molar-refractivity contribution is -0.252. The number of rotatable bonds is 4. The Morgan fingerprint density at radius 2 is 1.00 bits per heavy atom. The number of hydrogen-bond acceptors (Lipinski definition) is 4. The van der Waals surface area contributed by atoms with Gasteiger partial charge in [0.05, 0.1) is 0 Å². The summed E-state index contributed by atoms with van der Waals surface area (Å²) in [7, 11) is 0. The van der Waals surface area contributed by atoms with Crippen molar-refractivity contribution in [2.24, 2.45) is 0 Å². The van der Waals surface area contributed by atoms with Gasteiger partial charge in [-0.05, 0) is 37.1 Å². The van der Waals surface area contributed by atoms with Gasteiger partial charge in [0.1, 0.15) is 0 Å². The molecular weight excluding hydrogens is 304 g/mol. The van der Waals surface area contributed by atoms with Gasteiger partial charge in [-0.25, -0.2) is 19.4 Å². The first-order valence-corrected chi connectivity index (χ1v) is 7.46. The van der Waals surface area contributed by atoms with Crippen molar-refractivity contribution in [1.82, 2.24) is 0 Å². The summed E-state index contributed by atoms with van der Waals surface area (Å²) in [5, 5.41) is 0. The standard InChI is InChI=1S/C20H18O4/c1-15(13-17-9-5-3-6-10-17)19(21)23-24-20(22)16(2)14-18-11-7-4-8-12-18/h3-14H,1-2H3. The maximum atomic E-state index is 11.8. The molecule has 0 saturated carbocycles. The average Bonchev–Trinajstić information content (AvgIpc) is 2.61. The van der Waals surface area contributed by atoms with E-state index in [9.17, 15) is 9.59 Å². The molecule has 0 spiro atoms. The molecule has 2 aromatic rings. The number of carbonyl (C=O) groups excluding carboxylic acids is 2. The summed E-state index contributed by atoms with van der Waals surface area (Å²) in [4.78, 5) is 32.9. The molecule has 0 aromatic heterocycles. The lowest BCUT2D eigenvalue weighted by Gasteiger charge is -2.04. The van der Waals surface area contributed by atoms with Gasteiger partial charge in [0, 0.05) is 11.1 Å². The zero-order valence-corrected chi connectivity index (χ0v) is 13.6. The fourth-order valence-corrected chi connectivity index (χ4v) is 1.92. The van der Waals surface area contributed by atoms with E-state index in [1.165, 1.54) is 0 Å². The molecule has 0 saturated heterocycles. The Morgan fingerprint density at radius 3 is 1.33 bits per heavy atom. The molecule has 0 N–H and O–H groups in total. The molecule has 0 amide bonds. The molecule has 0 fully saturated rings. The van der Waals surface area contributed by atoms with Crippen molar-refractivity contribution in [3.05, 3.63) is 82.9 Å². The molecule has 0 unspecified atom stereocenters. The smallest absolute Gasteiger partial charge is 0.242 e. The molecule has 0 bridgehead atoms. The van der Waals surface area contributed by atoms with Gasteiger partial charge in [0.15, 0.2) is 0 Å². The van der Waals surface area contributed by atoms with Crippen LogP contribution in [-0.2, 0) is 19.4 Å². The molecule has 0 atom stereocenters. The molecule has 2 aromatic carbocycles. The van der Waals surface area contributed by atoms with E-state index < -0.39 is 11.9 Å². The molecule has 0 aliphatic carbocycles. The van der Waals surface area contributed by atoms with Crippen molar-refractivity contribution in [3.8, 4) is 0 Å². The Labute approximate surface area is 141 Å². The van der Waals surface area contributed by atoms with E-state index in [0.717, 1.165) is 11.1 Å². The van der Waals surface area contributed by atoms with Gasteiger partial charge in [-0.1, -0.05) is 60.7 Å². The molecule has 4 heteroatoms. The van der Waals surface area contributed by atoms with Crippen molar-refractivity contribution >= 4 is 24.1 Å². The third-order valence-electron chi connectivity index (χ3n) is 3.20. The highest BCUT2D eigenvalue weighted by Gasteiger charge is 2.13. The van der Waals surface area contributed by atoms with Crippen molar-refractivity contribution < 1.29 is 19.4 Å². The molecule has 0 radical (unpaired) electrons. The highest BCUT2D eigenvalue weighted by atomic mass is 17.2. The van der Waals surface area contributed by atoms with Gasteiger partial charge in [0.25, 0.3) is 0 Å². The van der Waals surface area contributed by atoms with Crippen molar-refractivity contribution in [2.45, 2.75) is 13.8 Å². The van der Waals surface area contributed by atoms with E-state index in [4.69, 9.17) is 0 Å². The SMILES string of the molecule is CC(=Cc1ccccc1)C(=O)OOC(=O)C(C)=Cc1ccccc1. The highest BCUT2D eigenvalue weighted by molar-refractivity contribution is 5.95. The van der Waals surface area contributed by atoms with Crippen LogP contribution in [0.2, 0.25) is 0 Å². The summed E-state index contributed by atoms with van der Waals surface area (Å²) in [5.41, 5.74) is 2.38. The first kappa shape index (κ1) is 17.2. The van der Waals surface area contributed by atoms with Gasteiger partial charge in [0.2, 0.25) is 0 Å². The fourth-order valence-electron chi connectivity index (χ4n) is 1.92. The van der Waals surface area contributed by atoms with Crippen LogP contribution in [0.3, 0.4) is 0 Å². The van der Waals surface area contributed by atoms with Gasteiger partial charge < -0.3 is 0 Å². The molecule has 122 valence electrons. The van der Waals surface area contributed by atoms with E-state index in [1.54, 1.807) is 26.0 Å². The zero-order chi connectivity index (χ0) is 17.4. The third-order valence-corrected chi connectivity index (χ3v) is 3.20. The zero-order valence-electron chi connectivity index (χ0n) is 13.6. The average molecular weight is 322 g/mol. The number of hydrogen-bond donors (Lipinski definition) is 0. The van der Waals surface area contributed by atoms with Crippen LogP contribution in [0.4, 0.5) is 0 Å². The summed E-state index contributed by atoms with van der Waals surface area (Å²) in [5.74, 6) is -1.42. The quantitative estimate of drug-likeness (QED) is 0.481. The second-order valence-electron chi connectivity index (χ2n) is 5.22. The molecule has 0 aliphatic rings. The van der Waals surface area contributed by atoms with Crippen molar-refractivity contribution in [1.29, 1.82) is 0 Å². The molecule has 4 nitrogen and oxygen atoms in total. The van der Waals surface area contributed by atoms with Crippen LogP contribution in [-0.4, -0.2) is 11.9 Å². The monoisotopic (exact) mass is 322 g/mol. The predicted molar refractivity (Wildman–Crippen MR) is 92.4 cm³/mol. The second kappa shape index (κ2) is 8.48. The minimum atomic E-state index is -0.709. The van der Waals surface area contributed by atoms with Gasteiger partial charge >= 0.3 is 11.9 Å². The summed E-state index contributed by atoms with van der Waals surface area (Å²) >= 11 is 0. The van der Waals surface area contributed by atoms with Crippen LogP contribution in [0.1, 0.15) is 25.0 Å². The Bertz CT molecular complexity index is 691. The van der Waals surface area contributed by atoms with Gasteiger partial charge in [-0.2, -0.15) is 0 Å². The Morgan fingerprint density at radius 1 is 0.667 bits per heavy atom. The fraction of sp³-hybridized carbons (Fsp3) is 0.100. The van der Waals surface area contributed by atoms with E-state index in [2.05, 4.69) is 9.78 Å². The topological polar surface area (TPSA) is 52.6 Å². The van der Waals surface area contributed by atoms with E-state index in [1.807, 2.05) is 60.7 Å². The van der Waals surface area contributed by atoms with Crippen LogP contribution in [0.25, 0.3) is 12.2 Å². The normalized spacial score (nSPS) is 11.8. The first-order chi connectivity index (χ1) is 11.6. The summed E-state index contributed by atoms with van der Waals surface area (Å²) in [6, 6.07) is 18.6. The van der Waals surface area contributed by atoms with Crippen LogP contribution in [0.5, 0.6) is 0 Å². The lowest BCUT2D eigenvalue weighted by Crippen LogP contribution is -2.12. The van der Waals surface area contributed by atoms with Gasteiger partial charge in [-0.3, -0.25) is 0 Å². The predicted octanol–water partition coefficient (Wildman–Crippen LogP) is 4.19. The van der Waals surface area contributed by atoms with E-state index >= 15 is 0 Å². The van der Waals surface area contributed by atoms with Crippen LogP contribution < -0.4 is 0 Å². The molecule has 0 heterocycles. The maximum Gasteiger partial charge on any atom is 0.382 e. The Kier molecular flexibility index (Phi) is 6.08. The molecule has 2 rings (SSSR count). The minimum absolute atomic E-state index is 0.332. The van der Waals surface area contributed by atoms with E-state index in [0.29, 0.717) is 11.1 Å². The summed E-state index contributed by atoms with van der Waals surface area (Å²) in [6.45, 7) is 3.19. The van der Waals surface area contributed by atoms with Crippen LogP contribution in [0.15, 0.2) is 71.8 Å². The number of benzene rings is 2. The van der Waals surface area contributed by atoms with Gasteiger partial charge in [-0.15, -0.1) is 0 Å². The molecule has 0 aliphatic heterocycles. The van der Waals surface area contributed by atoms with Crippen molar-refractivity contribution in [2.75, 3.05) is 0 Å². The lowest BCUT2D eigenvalue weighted by atomic mass is 10.1. The molecular formula is C20H18O4. The number of carbonyl (C=O) groups is 2. The largest absolute Gasteiger partial charge is 0.382 e. The third kappa shape index (κ3) is 5.25. The first-order valence-electron chi connectivity index (χ1n) is 7.46. The van der Waals surface area contributed by atoms with Crippen molar-refractivity contribution in [3.63, 3.8) is 0 Å². The Hall–Kier alpha value is -3.14. The summed E-state index contributed by atoms with van der Waals surface area (Å²) in [6.07, 6.45) is 3.31. The second-order valence-corrected chi connectivity index (χ2v) is 5.22. The highest BCUT2D eigenvalue weighted by Crippen LogP contribution is 2.10. The van der Waals surface area contributed by atoms with Crippen LogP contribution >= 0.6 is 0 Å². The summed E-state index contributed by atoms with van der Waals surface area (Å²) < 4.78 is 0. The van der Waals surface area contributed by atoms with Crippen LogP contribution in [0, 0.1) is 0 Å².